The van der Waals surface area contributed by atoms with Crippen LogP contribution in [-0.2, 0) is 10.0 Å². The zero-order chi connectivity index (χ0) is 13.3. The molecule has 2 aromatic rings. The Bertz CT molecular complexity index is 680. The third kappa shape index (κ3) is 3.14. The van der Waals surface area contributed by atoms with Gasteiger partial charge >= 0.3 is 0 Å². The second kappa shape index (κ2) is 5.32. The van der Waals surface area contributed by atoms with Crippen molar-refractivity contribution < 1.29 is 8.42 Å². The fraction of sp³-hybridized carbons (Fsp3) is 0.0909. The highest BCUT2D eigenvalue weighted by molar-refractivity contribution is 9.11. The van der Waals surface area contributed by atoms with Crippen molar-refractivity contribution in [1.29, 1.82) is 0 Å². The number of nitrogens with one attached hydrogen (secondary N) is 1. The number of hydrogen-bond donors (Lipinski definition) is 1. The molecule has 0 saturated carbocycles. The molecule has 1 N–H and O–H groups in total. The number of thiophene rings is 1. The van der Waals surface area contributed by atoms with Crippen molar-refractivity contribution in [3.05, 3.63) is 44.2 Å². The standard InChI is InChI=1S/C11H9Br2NO2S2/c1-7-2-5-11(17-7)18(15,16)14-10-4-3-8(12)6-9(10)13/h2-6,14H,1H3. The third-order valence-electron chi connectivity index (χ3n) is 2.16. The highest BCUT2D eigenvalue weighted by Crippen LogP contribution is 2.29. The molecule has 96 valence electrons. The monoisotopic (exact) mass is 409 g/mol. The maximum Gasteiger partial charge on any atom is 0.271 e. The molecular weight excluding hydrogens is 402 g/mol. The Labute approximate surface area is 127 Å². The van der Waals surface area contributed by atoms with Crippen molar-refractivity contribution in [1.82, 2.24) is 0 Å². The Morgan fingerprint density at radius 2 is 1.89 bits per heavy atom. The van der Waals surface area contributed by atoms with E-state index in [-0.39, 0.29) is 0 Å². The van der Waals surface area contributed by atoms with Gasteiger partial charge in [0.1, 0.15) is 4.21 Å². The van der Waals surface area contributed by atoms with Gasteiger partial charge < -0.3 is 0 Å². The van der Waals surface area contributed by atoms with E-state index in [9.17, 15) is 8.42 Å². The number of rotatable bonds is 3. The summed E-state index contributed by atoms with van der Waals surface area (Å²) in [6.07, 6.45) is 0. The van der Waals surface area contributed by atoms with E-state index >= 15 is 0 Å². The molecule has 0 atom stereocenters. The second-order valence-corrected chi connectivity index (χ2v) is 8.56. The van der Waals surface area contributed by atoms with Gasteiger partial charge in [0.15, 0.2) is 0 Å². The van der Waals surface area contributed by atoms with Crippen molar-refractivity contribution in [3.8, 4) is 0 Å². The number of halogens is 2. The van der Waals surface area contributed by atoms with Gasteiger partial charge in [-0.25, -0.2) is 8.42 Å². The van der Waals surface area contributed by atoms with Crippen LogP contribution in [0.3, 0.4) is 0 Å². The molecule has 3 nitrogen and oxygen atoms in total. The summed E-state index contributed by atoms with van der Waals surface area (Å²) in [5, 5.41) is 0. The predicted octanol–water partition coefficient (Wildman–Crippen LogP) is 4.38. The maximum absolute atomic E-state index is 12.1. The van der Waals surface area contributed by atoms with E-state index in [0.717, 1.165) is 9.35 Å². The summed E-state index contributed by atoms with van der Waals surface area (Å²) >= 11 is 7.89. The van der Waals surface area contributed by atoms with Gasteiger partial charge in [-0.15, -0.1) is 11.3 Å². The second-order valence-electron chi connectivity index (χ2n) is 3.59. The van der Waals surface area contributed by atoms with Gasteiger partial charge in [0.05, 0.1) is 5.69 Å². The zero-order valence-electron chi connectivity index (χ0n) is 9.28. The Balaban J connectivity index is 2.33. The molecule has 0 radical (unpaired) electrons. The molecule has 0 spiro atoms. The molecule has 7 heteroatoms. The van der Waals surface area contributed by atoms with E-state index in [4.69, 9.17) is 0 Å². The van der Waals surface area contributed by atoms with Crippen molar-refractivity contribution >= 4 is 58.9 Å². The Kier molecular flexibility index (Phi) is 4.15. The van der Waals surface area contributed by atoms with E-state index < -0.39 is 10.0 Å². The Morgan fingerprint density at radius 1 is 1.17 bits per heavy atom. The van der Waals surface area contributed by atoms with Crippen molar-refractivity contribution in [2.75, 3.05) is 4.72 Å². The van der Waals surface area contributed by atoms with E-state index in [1.54, 1.807) is 30.3 Å². The molecule has 0 unspecified atom stereocenters. The van der Waals surface area contributed by atoms with Crippen LogP contribution in [0.25, 0.3) is 0 Å². The van der Waals surface area contributed by atoms with Crippen LogP contribution < -0.4 is 4.72 Å². The van der Waals surface area contributed by atoms with Gasteiger partial charge in [0.2, 0.25) is 0 Å². The fourth-order valence-electron chi connectivity index (χ4n) is 1.32. The summed E-state index contributed by atoms with van der Waals surface area (Å²) in [6, 6.07) is 8.66. The number of benzene rings is 1. The molecule has 2 rings (SSSR count). The highest BCUT2D eigenvalue weighted by Gasteiger charge is 2.17. The minimum Gasteiger partial charge on any atom is -0.278 e. The first-order chi connectivity index (χ1) is 8.38. The summed E-state index contributed by atoms with van der Waals surface area (Å²) in [4.78, 5) is 0.963. The molecule has 0 saturated heterocycles. The van der Waals surface area contributed by atoms with Gasteiger partial charge in [-0.1, -0.05) is 15.9 Å². The van der Waals surface area contributed by atoms with Crippen LogP contribution in [0.15, 0.2) is 43.5 Å². The normalized spacial score (nSPS) is 11.5. The molecular formula is C11H9Br2NO2S2. The first-order valence-corrected chi connectivity index (χ1v) is 8.81. The lowest BCUT2D eigenvalue weighted by molar-refractivity contribution is 0.603. The topological polar surface area (TPSA) is 46.2 Å². The summed E-state index contributed by atoms with van der Waals surface area (Å²) in [6.45, 7) is 1.87. The molecule has 0 aliphatic rings. The number of hydrogen-bond acceptors (Lipinski definition) is 3. The predicted molar refractivity (Wildman–Crippen MR) is 81.7 cm³/mol. The Morgan fingerprint density at radius 3 is 2.44 bits per heavy atom. The lowest BCUT2D eigenvalue weighted by Crippen LogP contribution is -2.11. The molecule has 0 fully saturated rings. The van der Waals surface area contributed by atoms with Crippen LogP contribution in [0, 0.1) is 6.92 Å². The van der Waals surface area contributed by atoms with Crippen LogP contribution in [-0.4, -0.2) is 8.42 Å². The lowest BCUT2D eigenvalue weighted by Gasteiger charge is -2.08. The highest BCUT2D eigenvalue weighted by atomic mass is 79.9. The summed E-state index contributed by atoms with van der Waals surface area (Å²) in [5.41, 5.74) is 0.518. The average molecular weight is 411 g/mol. The molecule has 0 aliphatic carbocycles. The van der Waals surface area contributed by atoms with Gasteiger partial charge in [-0.2, -0.15) is 0 Å². The number of aryl methyl sites for hydroxylation is 1. The van der Waals surface area contributed by atoms with Crippen LogP contribution in [0.5, 0.6) is 0 Å². The average Bonchev–Trinajstić information content (AvgIpc) is 2.70. The molecule has 0 amide bonds. The zero-order valence-corrected chi connectivity index (χ0v) is 14.1. The molecule has 1 aromatic heterocycles. The van der Waals surface area contributed by atoms with Gasteiger partial charge in [0.25, 0.3) is 10.0 Å². The van der Waals surface area contributed by atoms with Crippen molar-refractivity contribution in [2.24, 2.45) is 0 Å². The molecule has 0 aliphatic heterocycles. The molecule has 0 bridgehead atoms. The van der Waals surface area contributed by atoms with Gasteiger partial charge in [-0.05, 0) is 53.2 Å². The van der Waals surface area contributed by atoms with Crippen LogP contribution in [0.1, 0.15) is 4.88 Å². The van der Waals surface area contributed by atoms with E-state index in [1.807, 2.05) is 6.92 Å². The summed E-state index contributed by atoms with van der Waals surface area (Å²) in [5.74, 6) is 0. The smallest absolute Gasteiger partial charge is 0.271 e. The van der Waals surface area contributed by atoms with Crippen molar-refractivity contribution in [3.63, 3.8) is 0 Å². The first-order valence-electron chi connectivity index (χ1n) is 4.93. The maximum atomic E-state index is 12.1. The molecule has 18 heavy (non-hydrogen) atoms. The quantitative estimate of drug-likeness (QED) is 0.815. The minimum atomic E-state index is -3.50. The lowest BCUT2D eigenvalue weighted by atomic mass is 10.3. The van der Waals surface area contributed by atoms with E-state index in [0.29, 0.717) is 14.4 Å². The molecule has 1 heterocycles. The summed E-state index contributed by atoms with van der Waals surface area (Å²) < 4.78 is 28.7. The first kappa shape index (κ1) is 14.0. The van der Waals surface area contributed by atoms with Crippen LogP contribution >= 0.6 is 43.2 Å². The number of anilines is 1. The SMILES string of the molecule is Cc1ccc(S(=O)(=O)Nc2ccc(Br)cc2Br)s1. The minimum absolute atomic E-state index is 0.315. The molecule has 1 aromatic carbocycles. The van der Waals surface area contributed by atoms with E-state index in [1.165, 1.54) is 11.3 Å². The van der Waals surface area contributed by atoms with Crippen LogP contribution in [0.4, 0.5) is 5.69 Å². The van der Waals surface area contributed by atoms with Gasteiger partial charge in [0, 0.05) is 13.8 Å². The van der Waals surface area contributed by atoms with E-state index in [2.05, 4.69) is 36.6 Å². The van der Waals surface area contributed by atoms with Crippen LogP contribution in [0.2, 0.25) is 0 Å². The largest absolute Gasteiger partial charge is 0.278 e. The van der Waals surface area contributed by atoms with Gasteiger partial charge in [-0.3, -0.25) is 4.72 Å². The number of sulfonamides is 1. The Hall–Kier alpha value is -0.370. The van der Waals surface area contributed by atoms with Crippen molar-refractivity contribution in [2.45, 2.75) is 11.1 Å². The fourth-order valence-corrected chi connectivity index (χ4v) is 4.96. The summed E-state index contributed by atoms with van der Waals surface area (Å²) in [7, 11) is -3.50. The third-order valence-corrected chi connectivity index (χ3v) is 6.16.